The third-order valence-corrected chi connectivity index (χ3v) is 3.89. The van der Waals surface area contributed by atoms with E-state index in [2.05, 4.69) is 4.98 Å². The Hall–Kier alpha value is -3.28. The van der Waals surface area contributed by atoms with Gasteiger partial charge in [0.2, 0.25) is 5.88 Å². The van der Waals surface area contributed by atoms with Crippen molar-refractivity contribution in [1.29, 1.82) is 0 Å². The first-order valence-electron chi connectivity index (χ1n) is 7.90. The number of benzene rings is 2. The summed E-state index contributed by atoms with van der Waals surface area (Å²) in [7, 11) is 0. The van der Waals surface area contributed by atoms with Gasteiger partial charge in [0, 0.05) is 18.0 Å². The largest absolute Gasteiger partial charge is 0.508 e. The van der Waals surface area contributed by atoms with Gasteiger partial charge in [-0.2, -0.15) is 0 Å². The van der Waals surface area contributed by atoms with Crippen LogP contribution in [0.4, 0.5) is 0 Å². The van der Waals surface area contributed by atoms with E-state index in [1.165, 1.54) is 24.3 Å². The van der Waals surface area contributed by atoms with E-state index in [1.54, 1.807) is 12.3 Å². The summed E-state index contributed by atoms with van der Waals surface area (Å²) in [6, 6.07) is 11.3. The number of pyridine rings is 1. The molecule has 1 aliphatic rings. The molecule has 126 valence electrons. The van der Waals surface area contributed by atoms with Crippen LogP contribution in [0.25, 0.3) is 10.8 Å². The first-order valence-corrected chi connectivity index (χ1v) is 7.90. The Kier molecular flexibility index (Phi) is 3.85. The molecule has 0 bridgehead atoms. The van der Waals surface area contributed by atoms with Gasteiger partial charge in [-0.25, -0.2) is 9.78 Å². The standard InChI is InChI=1S/C19H15NO5/c21-14-4-2-12(3-5-14)19(22)25-18-15-11-17-16(23-8-1-9-24-17)10-13(15)6-7-20-18/h2-7,10-11,21H,1,8-9H2. The predicted molar refractivity (Wildman–Crippen MR) is 90.4 cm³/mol. The second-order valence-electron chi connectivity index (χ2n) is 5.62. The van der Waals surface area contributed by atoms with Gasteiger partial charge >= 0.3 is 5.97 Å². The maximum Gasteiger partial charge on any atom is 0.344 e. The quantitative estimate of drug-likeness (QED) is 0.723. The number of rotatable bonds is 2. The van der Waals surface area contributed by atoms with E-state index in [9.17, 15) is 9.90 Å². The molecule has 2 aromatic carbocycles. The van der Waals surface area contributed by atoms with E-state index >= 15 is 0 Å². The maximum atomic E-state index is 12.3. The molecule has 2 heterocycles. The van der Waals surface area contributed by atoms with E-state index < -0.39 is 5.97 Å². The summed E-state index contributed by atoms with van der Waals surface area (Å²) in [6.45, 7) is 1.17. The number of phenolic OH excluding ortho intramolecular Hbond substituents is 1. The van der Waals surface area contributed by atoms with Crippen molar-refractivity contribution in [3.8, 4) is 23.1 Å². The van der Waals surface area contributed by atoms with E-state index in [0.717, 1.165) is 11.8 Å². The minimum absolute atomic E-state index is 0.0830. The van der Waals surface area contributed by atoms with Crippen molar-refractivity contribution in [3.05, 3.63) is 54.2 Å². The highest BCUT2D eigenvalue weighted by Crippen LogP contribution is 2.37. The van der Waals surface area contributed by atoms with Crippen molar-refractivity contribution in [2.45, 2.75) is 6.42 Å². The van der Waals surface area contributed by atoms with Crippen molar-refractivity contribution in [2.75, 3.05) is 13.2 Å². The second kappa shape index (κ2) is 6.32. The number of aromatic nitrogens is 1. The zero-order valence-electron chi connectivity index (χ0n) is 13.3. The van der Waals surface area contributed by atoms with Gasteiger partial charge in [0.15, 0.2) is 11.5 Å². The number of fused-ring (bicyclic) bond motifs is 2. The van der Waals surface area contributed by atoms with Gasteiger partial charge in [-0.15, -0.1) is 0 Å². The van der Waals surface area contributed by atoms with Crippen molar-refractivity contribution in [3.63, 3.8) is 0 Å². The van der Waals surface area contributed by atoms with Crippen LogP contribution >= 0.6 is 0 Å². The maximum absolute atomic E-state index is 12.3. The van der Waals surface area contributed by atoms with Gasteiger partial charge in [-0.3, -0.25) is 0 Å². The fourth-order valence-electron chi connectivity index (χ4n) is 2.63. The molecule has 0 spiro atoms. The Morgan fingerprint density at radius 2 is 1.76 bits per heavy atom. The van der Waals surface area contributed by atoms with Crippen LogP contribution in [0.2, 0.25) is 0 Å². The molecule has 1 aliphatic heterocycles. The van der Waals surface area contributed by atoms with E-state index in [1.807, 2.05) is 12.1 Å². The molecule has 0 atom stereocenters. The number of hydrogen-bond acceptors (Lipinski definition) is 6. The molecule has 0 radical (unpaired) electrons. The summed E-state index contributed by atoms with van der Waals surface area (Å²) in [5, 5.41) is 10.8. The fraction of sp³-hybridized carbons (Fsp3) is 0.158. The average Bonchev–Trinajstić information content (AvgIpc) is 2.85. The van der Waals surface area contributed by atoms with Crippen molar-refractivity contribution >= 4 is 16.7 Å². The average molecular weight is 337 g/mol. The van der Waals surface area contributed by atoms with Crippen LogP contribution in [-0.4, -0.2) is 29.3 Å². The van der Waals surface area contributed by atoms with Crippen LogP contribution < -0.4 is 14.2 Å². The molecule has 0 amide bonds. The van der Waals surface area contributed by atoms with E-state index in [0.29, 0.717) is 35.7 Å². The number of carbonyl (C=O) groups is 1. The summed E-state index contributed by atoms with van der Waals surface area (Å²) < 4.78 is 16.8. The Balaban J connectivity index is 1.70. The van der Waals surface area contributed by atoms with Gasteiger partial charge in [0.05, 0.1) is 18.8 Å². The monoisotopic (exact) mass is 337 g/mol. The predicted octanol–water partition coefficient (Wildman–Crippen LogP) is 3.32. The molecule has 6 nitrogen and oxygen atoms in total. The molecule has 0 aliphatic carbocycles. The SMILES string of the molecule is O=C(Oc1nccc2cc3c(cc12)OCCCO3)c1ccc(O)cc1. The zero-order valence-corrected chi connectivity index (χ0v) is 13.3. The molecule has 0 fully saturated rings. The number of hydrogen-bond donors (Lipinski definition) is 1. The summed E-state index contributed by atoms with van der Waals surface area (Å²) >= 11 is 0. The number of ether oxygens (including phenoxy) is 3. The molecular formula is C19H15NO5. The zero-order chi connectivity index (χ0) is 17.2. The van der Waals surface area contributed by atoms with E-state index in [4.69, 9.17) is 14.2 Å². The summed E-state index contributed by atoms with van der Waals surface area (Å²) in [5.74, 6) is 1.02. The van der Waals surface area contributed by atoms with Gasteiger partial charge in [-0.1, -0.05) is 0 Å². The van der Waals surface area contributed by atoms with Crippen LogP contribution in [0.3, 0.4) is 0 Å². The van der Waals surface area contributed by atoms with E-state index in [-0.39, 0.29) is 11.6 Å². The fourth-order valence-corrected chi connectivity index (χ4v) is 2.63. The first kappa shape index (κ1) is 15.3. The van der Waals surface area contributed by atoms with Crippen LogP contribution in [-0.2, 0) is 0 Å². The van der Waals surface area contributed by atoms with Gasteiger partial charge < -0.3 is 19.3 Å². The lowest BCUT2D eigenvalue weighted by Crippen LogP contribution is -2.09. The van der Waals surface area contributed by atoms with Crippen molar-refractivity contribution in [2.24, 2.45) is 0 Å². The Morgan fingerprint density at radius 1 is 1.04 bits per heavy atom. The minimum Gasteiger partial charge on any atom is -0.508 e. The van der Waals surface area contributed by atoms with Crippen molar-refractivity contribution < 1.29 is 24.1 Å². The molecule has 1 aromatic heterocycles. The Bertz CT molecular complexity index is 936. The molecule has 1 N–H and O–H groups in total. The highest BCUT2D eigenvalue weighted by molar-refractivity contribution is 5.95. The Labute approximate surface area is 143 Å². The number of nitrogens with zero attached hydrogens (tertiary/aromatic N) is 1. The van der Waals surface area contributed by atoms with Crippen LogP contribution in [0.15, 0.2) is 48.7 Å². The second-order valence-corrected chi connectivity index (χ2v) is 5.62. The third kappa shape index (κ3) is 3.06. The van der Waals surface area contributed by atoms with Gasteiger partial charge in [-0.05, 0) is 47.9 Å². The van der Waals surface area contributed by atoms with Gasteiger partial charge in [0.1, 0.15) is 5.75 Å². The summed E-state index contributed by atoms with van der Waals surface area (Å²) in [4.78, 5) is 16.5. The normalized spacial score (nSPS) is 13.3. The van der Waals surface area contributed by atoms with Crippen LogP contribution in [0.1, 0.15) is 16.8 Å². The lowest BCUT2D eigenvalue weighted by atomic mass is 10.1. The number of aromatic hydroxyl groups is 1. The van der Waals surface area contributed by atoms with Crippen LogP contribution in [0.5, 0.6) is 23.1 Å². The first-order chi connectivity index (χ1) is 12.2. The van der Waals surface area contributed by atoms with Crippen molar-refractivity contribution in [1.82, 2.24) is 4.98 Å². The number of esters is 1. The summed E-state index contributed by atoms with van der Waals surface area (Å²) in [5.41, 5.74) is 0.325. The molecule has 25 heavy (non-hydrogen) atoms. The molecule has 0 saturated carbocycles. The minimum atomic E-state index is -0.549. The lowest BCUT2D eigenvalue weighted by Gasteiger charge is -2.11. The summed E-state index contributed by atoms with van der Waals surface area (Å²) in [6.07, 6.45) is 2.39. The molecule has 0 unspecified atom stereocenters. The molecule has 4 rings (SSSR count). The third-order valence-electron chi connectivity index (χ3n) is 3.89. The number of phenols is 1. The molecule has 0 saturated heterocycles. The topological polar surface area (TPSA) is 77.9 Å². The van der Waals surface area contributed by atoms with Gasteiger partial charge in [0.25, 0.3) is 0 Å². The molecular weight excluding hydrogens is 322 g/mol. The van der Waals surface area contributed by atoms with Crippen LogP contribution in [0, 0.1) is 0 Å². The smallest absolute Gasteiger partial charge is 0.344 e. The Morgan fingerprint density at radius 3 is 2.52 bits per heavy atom. The molecule has 3 aromatic rings. The lowest BCUT2D eigenvalue weighted by molar-refractivity contribution is 0.0730. The number of carbonyl (C=O) groups excluding carboxylic acids is 1. The highest BCUT2D eigenvalue weighted by Gasteiger charge is 2.16. The molecule has 6 heteroatoms. The highest BCUT2D eigenvalue weighted by atomic mass is 16.5.